The lowest BCUT2D eigenvalue weighted by Crippen LogP contribution is -2.27. The Bertz CT molecular complexity index is 1050. The Balaban J connectivity index is 1.62. The Morgan fingerprint density at radius 2 is 1.56 bits per heavy atom. The first-order valence-corrected chi connectivity index (χ1v) is 10.5. The predicted molar refractivity (Wildman–Crippen MR) is 122 cm³/mol. The first-order chi connectivity index (χ1) is 15.5. The van der Waals surface area contributed by atoms with Crippen LogP contribution in [0.3, 0.4) is 0 Å². The molecule has 0 radical (unpaired) electrons. The summed E-state index contributed by atoms with van der Waals surface area (Å²) in [4.78, 5) is 23.3. The number of benzene rings is 3. The maximum Gasteiger partial charge on any atom is 0.341 e. The highest BCUT2D eigenvalue weighted by atomic mass is 16.5. The number of carboxylic acid groups (broad SMARTS) is 1. The van der Waals surface area contributed by atoms with Gasteiger partial charge in [0.25, 0.3) is 0 Å². The molecule has 32 heavy (non-hydrogen) atoms. The van der Waals surface area contributed by atoms with Crippen LogP contribution in [0.2, 0.25) is 0 Å². The van der Waals surface area contributed by atoms with Gasteiger partial charge in [-0.05, 0) is 47.7 Å². The second-order valence-corrected chi connectivity index (χ2v) is 7.47. The van der Waals surface area contributed by atoms with E-state index in [1.54, 1.807) is 18.2 Å². The number of amides is 1. The lowest BCUT2D eigenvalue weighted by atomic mass is 10.1. The minimum Gasteiger partial charge on any atom is -0.489 e. The molecule has 3 rings (SSSR count). The predicted octanol–water partition coefficient (Wildman–Crippen LogP) is 3.94. The zero-order chi connectivity index (χ0) is 22.8. The molecule has 3 aromatic rings. The molecule has 166 valence electrons. The molecule has 1 amide bonds. The van der Waals surface area contributed by atoms with Crippen molar-refractivity contribution in [2.24, 2.45) is 0 Å². The van der Waals surface area contributed by atoms with Crippen molar-refractivity contribution in [1.29, 1.82) is 0 Å². The molecule has 0 aliphatic heterocycles. The van der Waals surface area contributed by atoms with Crippen LogP contribution in [-0.4, -0.2) is 30.1 Å². The molecule has 6 nitrogen and oxygen atoms in total. The first kappa shape index (κ1) is 22.9. The smallest absolute Gasteiger partial charge is 0.341 e. The van der Waals surface area contributed by atoms with E-state index < -0.39 is 12.6 Å². The van der Waals surface area contributed by atoms with Crippen molar-refractivity contribution in [2.45, 2.75) is 26.4 Å². The van der Waals surface area contributed by atoms with Gasteiger partial charge in [-0.3, -0.25) is 4.79 Å². The molecular weight excluding hydrogens is 406 g/mol. The summed E-state index contributed by atoms with van der Waals surface area (Å²) < 4.78 is 11.2. The number of hydrogen-bond acceptors (Lipinski definition) is 4. The molecule has 0 spiro atoms. The third-order valence-electron chi connectivity index (χ3n) is 4.89. The van der Waals surface area contributed by atoms with E-state index in [-0.39, 0.29) is 12.3 Å². The molecule has 0 aliphatic carbocycles. The zero-order valence-corrected chi connectivity index (χ0v) is 18.0. The van der Waals surface area contributed by atoms with Crippen molar-refractivity contribution in [2.75, 3.05) is 13.2 Å². The largest absolute Gasteiger partial charge is 0.489 e. The summed E-state index contributed by atoms with van der Waals surface area (Å²) in [5.74, 6) is -0.334. The fourth-order valence-corrected chi connectivity index (χ4v) is 3.26. The van der Waals surface area contributed by atoms with Crippen LogP contribution in [0.4, 0.5) is 0 Å². The normalized spacial score (nSPS) is 10.4. The summed E-state index contributed by atoms with van der Waals surface area (Å²) in [6, 6.07) is 22.9. The number of carboxylic acids is 1. The van der Waals surface area contributed by atoms with Crippen LogP contribution in [0.15, 0.2) is 72.8 Å². The highest BCUT2D eigenvalue weighted by molar-refractivity contribution is 5.78. The zero-order valence-electron chi connectivity index (χ0n) is 18.0. The number of carbonyl (C=O) groups excluding carboxylic acids is 1. The number of hydrogen-bond donors (Lipinski definition) is 2. The first-order valence-electron chi connectivity index (χ1n) is 10.5. The Hall–Kier alpha value is -3.80. The minimum atomic E-state index is -1.07. The van der Waals surface area contributed by atoms with Gasteiger partial charge in [-0.25, -0.2) is 4.79 Å². The van der Waals surface area contributed by atoms with Crippen molar-refractivity contribution >= 4 is 11.9 Å². The third-order valence-corrected chi connectivity index (χ3v) is 4.89. The average Bonchev–Trinajstić information content (AvgIpc) is 2.78. The topological polar surface area (TPSA) is 84.9 Å². The second kappa shape index (κ2) is 11.6. The van der Waals surface area contributed by atoms with Gasteiger partial charge < -0.3 is 19.9 Å². The molecular formula is C26H27NO5. The van der Waals surface area contributed by atoms with Gasteiger partial charge in [-0.1, -0.05) is 54.6 Å². The summed E-state index contributed by atoms with van der Waals surface area (Å²) in [6.07, 6.45) is 0.894. The van der Waals surface area contributed by atoms with Crippen LogP contribution >= 0.6 is 0 Å². The van der Waals surface area contributed by atoms with E-state index in [2.05, 4.69) is 24.4 Å². The van der Waals surface area contributed by atoms with E-state index in [0.717, 1.165) is 12.0 Å². The van der Waals surface area contributed by atoms with E-state index >= 15 is 0 Å². The van der Waals surface area contributed by atoms with Crippen molar-refractivity contribution in [3.63, 3.8) is 0 Å². The van der Waals surface area contributed by atoms with E-state index in [1.807, 2.05) is 42.5 Å². The van der Waals surface area contributed by atoms with E-state index in [4.69, 9.17) is 14.6 Å². The van der Waals surface area contributed by atoms with Gasteiger partial charge in [0.05, 0.1) is 6.42 Å². The van der Waals surface area contributed by atoms with Gasteiger partial charge in [0.15, 0.2) is 6.61 Å². The fraction of sp³-hybridized carbons (Fsp3) is 0.231. The Morgan fingerprint density at radius 1 is 0.875 bits per heavy atom. The highest BCUT2D eigenvalue weighted by Gasteiger charge is 2.10. The molecule has 0 aromatic heterocycles. The second-order valence-electron chi connectivity index (χ2n) is 7.47. The van der Waals surface area contributed by atoms with Gasteiger partial charge in [-0.15, -0.1) is 0 Å². The van der Waals surface area contributed by atoms with Crippen LogP contribution in [0.5, 0.6) is 11.5 Å². The van der Waals surface area contributed by atoms with Gasteiger partial charge in [0.1, 0.15) is 18.1 Å². The number of aliphatic carboxylic acids is 1. The van der Waals surface area contributed by atoms with Crippen molar-refractivity contribution < 1.29 is 24.2 Å². The molecule has 0 saturated heterocycles. The molecule has 0 fully saturated rings. The molecule has 3 aromatic carbocycles. The number of carbonyl (C=O) groups is 2. The maximum atomic E-state index is 12.5. The van der Waals surface area contributed by atoms with Crippen LogP contribution < -0.4 is 14.8 Å². The van der Waals surface area contributed by atoms with Crippen molar-refractivity contribution in [1.82, 2.24) is 5.32 Å². The van der Waals surface area contributed by atoms with Crippen LogP contribution in [-0.2, 0) is 29.0 Å². The summed E-state index contributed by atoms with van der Waals surface area (Å²) in [5, 5.41) is 11.8. The molecule has 6 heteroatoms. The molecule has 0 saturated carbocycles. The van der Waals surface area contributed by atoms with Gasteiger partial charge >= 0.3 is 5.97 Å². The van der Waals surface area contributed by atoms with Crippen LogP contribution in [0, 0.1) is 6.92 Å². The molecule has 2 N–H and O–H groups in total. The fourth-order valence-electron chi connectivity index (χ4n) is 3.26. The highest BCUT2D eigenvalue weighted by Crippen LogP contribution is 2.24. The van der Waals surface area contributed by atoms with Gasteiger partial charge in [0.2, 0.25) is 5.91 Å². The van der Waals surface area contributed by atoms with E-state index in [1.165, 1.54) is 11.1 Å². The molecule has 0 bridgehead atoms. The van der Waals surface area contributed by atoms with E-state index in [9.17, 15) is 9.59 Å². The number of aryl methyl sites for hydroxylation is 1. The molecule has 0 heterocycles. The summed E-state index contributed by atoms with van der Waals surface area (Å²) in [5.41, 5.74) is 4.09. The summed E-state index contributed by atoms with van der Waals surface area (Å²) in [6.45, 7) is 2.47. The van der Waals surface area contributed by atoms with Crippen molar-refractivity contribution in [3.05, 3.63) is 95.1 Å². The Kier molecular flexibility index (Phi) is 8.26. The molecule has 0 aliphatic rings. The third kappa shape index (κ3) is 7.47. The SMILES string of the molecule is Cc1ccccc1CCNC(=O)Cc1cc(OCC(=O)O)cc(OCc2ccccc2)c1. The van der Waals surface area contributed by atoms with Gasteiger partial charge in [0, 0.05) is 12.6 Å². The van der Waals surface area contributed by atoms with Crippen molar-refractivity contribution in [3.8, 4) is 11.5 Å². The van der Waals surface area contributed by atoms with E-state index in [0.29, 0.717) is 30.2 Å². The Morgan fingerprint density at radius 3 is 2.28 bits per heavy atom. The summed E-state index contributed by atoms with van der Waals surface area (Å²) >= 11 is 0. The molecule has 0 unspecified atom stereocenters. The Labute approximate surface area is 187 Å². The minimum absolute atomic E-state index is 0.122. The molecule has 0 atom stereocenters. The number of nitrogens with one attached hydrogen (secondary N) is 1. The summed E-state index contributed by atoms with van der Waals surface area (Å²) in [7, 11) is 0. The standard InChI is InChI=1S/C26H27NO5/c1-19-7-5-6-10-22(19)11-12-27-25(28)15-21-13-23(16-24(14-21)32-18-26(29)30)31-17-20-8-3-2-4-9-20/h2-10,13-14,16H,11-12,15,17-18H2,1H3,(H,27,28)(H,29,30). The lowest BCUT2D eigenvalue weighted by molar-refractivity contribution is -0.139. The average molecular weight is 434 g/mol. The maximum absolute atomic E-state index is 12.5. The quantitative estimate of drug-likeness (QED) is 0.479. The number of rotatable bonds is 11. The van der Waals surface area contributed by atoms with Crippen LogP contribution in [0.25, 0.3) is 0 Å². The monoisotopic (exact) mass is 433 g/mol. The van der Waals surface area contributed by atoms with Crippen LogP contribution in [0.1, 0.15) is 22.3 Å². The number of ether oxygens (including phenoxy) is 2. The lowest BCUT2D eigenvalue weighted by Gasteiger charge is -2.12. The van der Waals surface area contributed by atoms with Gasteiger partial charge in [-0.2, -0.15) is 0 Å².